The first-order chi connectivity index (χ1) is 8.09. The van der Waals surface area contributed by atoms with E-state index >= 15 is 0 Å². The molecule has 1 amide bonds. The summed E-state index contributed by atoms with van der Waals surface area (Å²) < 4.78 is 0. The number of likely N-dealkylation sites (tertiary alicyclic amines) is 1. The summed E-state index contributed by atoms with van der Waals surface area (Å²) in [4.78, 5) is 24.8. The Balaban J connectivity index is 2.12. The molecule has 1 fully saturated rings. The molecule has 1 saturated heterocycles. The van der Waals surface area contributed by atoms with E-state index in [4.69, 9.17) is 0 Å². The van der Waals surface area contributed by atoms with Gasteiger partial charge in [0, 0.05) is 19.3 Å². The number of nitrogens with zero attached hydrogens (tertiary/aromatic N) is 2. The summed E-state index contributed by atoms with van der Waals surface area (Å²) in [6.07, 6.45) is 2.56. The highest BCUT2D eigenvalue weighted by Gasteiger charge is 2.44. The number of aliphatic carboxylic acids is 1. The molecule has 1 aromatic rings. The second-order valence-electron chi connectivity index (χ2n) is 4.39. The number of hydrogen-bond donors (Lipinski definition) is 2. The van der Waals surface area contributed by atoms with E-state index < -0.39 is 11.4 Å². The third-order valence-corrected chi connectivity index (χ3v) is 3.50. The van der Waals surface area contributed by atoms with Crippen LogP contribution in [-0.2, 0) is 4.79 Å². The molecule has 2 rings (SSSR count). The predicted molar refractivity (Wildman–Crippen MR) is 59.5 cm³/mol. The zero-order chi connectivity index (χ0) is 12.5. The van der Waals surface area contributed by atoms with Crippen molar-refractivity contribution in [1.29, 1.82) is 0 Å². The van der Waals surface area contributed by atoms with Crippen molar-refractivity contribution in [3.05, 3.63) is 18.0 Å². The van der Waals surface area contributed by atoms with Gasteiger partial charge in [-0.05, 0) is 18.9 Å². The second kappa shape index (κ2) is 4.20. The van der Waals surface area contributed by atoms with Crippen LogP contribution in [0.1, 0.15) is 30.3 Å². The molecule has 0 radical (unpaired) electrons. The van der Waals surface area contributed by atoms with Crippen LogP contribution >= 0.6 is 0 Å². The minimum absolute atomic E-state index is 0.181. The lowest BCUT2D eigenvalue weighted by molar-refractivity contribution is -0.148. The molecule has 17 heavy (non-hydrogen) atoms. The lowest BCUT2D eigenvalue weighted by atomic mass is 9.84. The standard InChI is InChI=1S/C11H15N3O3/c1-2-11(10(16)17)4-6-14(7-11)9(15)8-3-5-12-13-8/h3,5H,2,4,6-7H2,1H3,(H,12,13)(H,16,17). The third kappa shape index (κ3) is 1.90. The van der Waals surface area contributed by atoms with E-state index in [0.717, 1.165) is 0 Å². The Morgan fingerprint density at radius 1 is 1.65 bits per heavy atom. The largest absolute Gasteiger partial charge is 0.481 e. The fourth-order valence-electron chi connectivity index (χ4n) is 2.21. The van der Waals surface area contributed by atoms with Crippen molar-refractivity contribution in [1.82, 2.24) is 15.1 Å². The molecule has 6 heteroatoms. The molecule has 1 aliphatic rings. The molecule has 6 nitrogen and oxygen atoms in total. The third-order valence-electron chi connectivity index (χ3n) is 3.50. The van der Waals surface area contributed by atoms with E-state index in [1.165, 1.54) is 6.20 Å². The van der Waals surface area contributed by atoms with E-state index in [1.54, 1.807) is 11.0 Å². The van der Waals surface area contributed by atoms with Crippen molar-refractivity contribution in [2.45, 2.75) is 19.8 Å². The molecule has 1 aromatic heterocycles. The zero-order valence-electron chi connectivity index (χ0n) is 9.64. The molecular weight excluding hydrogens is 222 g/mol. The van der Waals surface area contributed by atoms with Crippen molar-refractivity contribution in [2.75, 3.05) is 13.1 Å². The Bertz CT molecular complexity index is 429. The summed E-state index contributed by atoms with van der Waals surface area (Å²) in [5.74, 6) is -1.00. The smallest absolute Gasteiger partial charge is 0.311 e. The number of aromatic amines is 1. The molecule has 1 unspecified atom stereocenters. The van der Waals surface area contributed by atoms with Gasteiger partial charge in [0.15, 0.2) is 0 Å². The Hall–Kier alpha value is -1.85. The highest BCUT2D eigenvalue weighted by molar-refractivity contribution is 5.93. The number of carboxylic acids is 1. The number of hydrogen-bond acceptors (Lipinski definition) is 3. The number of nitrogens with one attached hydrogen (secondary N) is 1. The van der Waals surface area contributed by atoms with Crippen LogP contribution in [0.3, 0.4) is 0 Å². The zero-order valence-corrected chi connectivity index (χ0v) is 9.64. The molecule has 0 bridgehead atoms. The fourth-order valence-corrected chi connectivity index (χ4v) is 2.21. The number of carboxylic acid groups (broad SMARTS) is 1. The average Bonchev–Trinajstić information content (AvgIpc) is 2.98. The summed E-state index contributed by atoms with van der Waals surface area (Å²) in [6, 6.07) is 1.59. The minimum atomic E-state index is -0.820. The maximum atomic E-state index is 12.0. The molecule has 0 aliphatic carbocycles. The van der Waals surface area contributed by atoms with Crippen LogP contribution in [0, 0.1) is 5.41 Å². The van der Waals surface area contributed by atoms with Gasteiger partial charge in [-0.25, -0.2) is 0 Å². The summed E-state index contributed by atoms with van der Waals surface area (Å²) in [5, 5.41) is 15.6. The maximum Gasteiger partial charge on any atom is 0.311 e. The Morgan fingerprint density at radius 3 is 2.88 bits per heavy atom. The van der Waals surface area contributed by atoms with Gasteiger partial charge in [-0.1, -0.05) is 6.92 Å². The fraction of sp³-hybridized carbons (Fsp3) is 0.545. The Kier molecular flexibility index (Phi) is 2.87. The van der Waals surface area contributed by atoms with Crippen molar-refractivity contribution in [3.63, 3.8) is 0 Å². The van der Waals surface area contributed by atoms with E-state index in [0.29, 0.717) is 25.1 Å². The molecule has 2 N–H and O–H groups in total. The lowest BCUT2D eigenvalue weighted by Crippen LogP contribution is -2.36. The van der Waals surface area contributed by atoms with Crippen LogP contribution in [0.4, 0.5) is 0 Å². The van der Waals surface area contributed by atoms with Crippen molar-refractivity contribution >= 4 is 11.9 Å². The molecule has 0 spiro atoms. The minimum Gasteiger partial charge on any atom is -0.481 e. The van der Waals surface area contributed by atoms with Crippen molar-refractivity contribution < 1.29 is 14.7 Å². The summed E-state index contributed by atoms with van der Waals surface area (Å²) in [6.45, 7) is 2.60. The van der Waals surface area contributed by atoms with Crippen LogP contribution in [0.2, 0.25) is 0 Å². The van der Waals surface area contributed by atoms with Gasteiger partial charge < -0.3 is 10.0 Å². The lowest BCUT2D eigenvalue weighted by Gasteiger charge is -2.22. The van der Waals surface area contributed by atoms with E-state index in [2.05, 4.69) is 10.2 Å². The van der Waals surface area contributed by atoms with Gasteiger partial charge in [0.05, 0.1) is 5.41 Å². The number of amides is 1. The van der Waals surface area contributed by atoms with E-state index in [9.17, 15) is 14.7 Å². The number of carbonyl (C=O) groups excluding carboxylic acids is 1. The molecule has 0 aromatic carbocycles. The Morgan fingerprint density at radius 2 is 2.41 bits per heavy atom. The van der Waals surface area contributed by atoms with Gasteiger partial charge in [0.2, 0.25) is 0 Å². The van der Waals surface area contributed by atoms with Crippen molar-refractivity contribution in [2.24, 2.45) is 5.41 Å². The first-order valence-corrected chi connectivity index (χ1v) is 5.61. The molecule has 1 atom stereocenters. The average molecular weight is 237 g/mol. The summed E-state index contributed by atoms with van der Waals surface area (Å²) in [5.41, 5.74) is -0.377. The first kappa shape index (κ1) is 11.6. The molecule has 2 heterocycles. The molecular formula is C11H15N3O3. The Labute approximate surface area is 98.6 Å². The topological polar surface area (TPSA) is 86.3 Å². The van der Waals surface area contributed by atoms with Crippen LogP contribution in [0.5, 0.6) is 0 Å². The maximum absolute atomic E-state index is 12.0. The van der Waals surface area contributed by atoms with Gasteiger partial charge in [0.25, 0.3) is 5.91 Å². The van der Waals surface area contributed by atoms with Gasteiger partial charge >= 0.3 is 5.97 Å². The van der Waals surface area contributed by atoms with Crippen LogP contribution in [-0.4, -0.2) is 45.2 Å². The van der Waals surface area contributed by atoms with Gasteiger partial charge in [0.1, 0.15) is 5.69 Å². The number of carbonyl (C=O) groups is 2. The van der Waals surface area contributed by atoms with Crippen LogP contribution < -0.4 is 0 Å². The highest BCUT2D eigenvalue weighted by atomic mass is 16.4. The SMILES string of the molecule is CCC1(C(=O)O)CCN(C(=O)c2ccn[nH]2)C1. The quantitative estimate of drug-likeness (QED) is 0.811. The highest BCUT2D eigenvalue weighted by Crippen LogP contribution is 2.34. The number of aromatic nitrogens is 2. The van der Waals surface area contributed by atoms with Crippen LogP contribution in [0.15, 0.2) is 12.3 Å². The normalized spacial score (nSPS) is 23.9. The first-order valence-electron chi connectivity index (χ1n) is 5.61. The monoisotopic (exact) mass is 237 g/mol. The second-order valence-corrected chi connectivity index (χ2v) is 4.39. The molecule has 92 valence electrons. The summed E-state index contributed by atoms with van der Waals surface area (Å²) in [7, 11) is 0. The molecule has 1 aliphatic heterocycles. The van der Waals surface area contributed by atoms with Crippen LogP contribution in [0.25, 0.3) is 0 Å². The van der Waals surface area contributed by atoms with Gasteiger partial charge in [-0.2, -0.15) is 5.10 Å². The number of rotatable bonds is 3. The molecule has 0 saturated carbocycles. The van der Waals surface area contributed by atoms with Gasteiger partial charge in [-0.3, -0.25) is 14.7 Å². The van der Waals surface area contributed by atoms with E-state index in [1.807, 2.05) is 6.92 Å². The number of H-pyrrole nitrogens is 1. The summed E-state index contributed by atoms with van der Waals surface area (Å²) >= 11 is 0. The predicted octanol–water partition coefficient (Wildman–Crippen LogP) is 0.737. The van der Waals surface area contributed by atoms with Crippen molar-refractivity contribution in [3.8, 4) is 0 Å². The van der Waals surface area contributed by atoms with E-state index in [-0.39, 0.29) is 12.5 Å². The van der Waals surface area contributed by atoms with Gasteiger partial charge in [-0.15, -0.1) is 0 Å².